The zero-order chi connectivity index (χ0) is 22.5. The summed E-state index contributed by atoms with van der Waals surface area (Å²) < 4.78 is 5.32. The predicted octanol–water partition coefficient (Wildman–Crippen LogP) is 2.94. The molecular formula is C24H29ClN4O3. The first-order valence-corrected chi connectivity index (χ1v) is 11.5. The Morgan fingerprint density at radius 1 is 1.03 bits per heavy atom. The van der Waals surface area contributed by atoms with E-state index in [9.17, 15) is 9.59 Å². The van der Waals surface area contributed by atoms with Crippen LogP contribution in [0.1, 0.15) is 28.9 Å². The molecule has 8 heteroatoms. The van der Waals surface area contributed by atoms with Crippen molar-refractivity contribution >= 4 is 23.4 Å². The van der Waals surface area contributed by atoms with Crippen LogP contribution in [0.15, 0.2) is 42.6 Å². The summed E-state index contributed by atoms with van der Waals surface area (Å²) in [6.45, 7) is 5.13. The number of nitrogens with zero attached hydrogens (tertiary/aromatic N) is 4. The van der Waals surface area contributed by atoms with Crippen LogP contribution in [0, 0.1) is 5.92 Å². The number of pyridine rings is 1. The Bertz CT molecular complexity index is 940. The first-order chi connectivity index (χ1) is 15.5. The first-order valence-electron chi connectivity index (χ1n) is 11.1. The number of rotatable bonds is 5. The van der Waals surface area contributed by atoms with Crippen molar-refractivity contribution in [1.29, 1.82) is 0 Å². The number of carbonyl (C=O) groups is 2. The molecule has 2 aliphatic rings. The van der Waals surface area contributed by atoms with Gasteiger partial charge in [0.05, 0.1) is 18.4 Å². The number of aromatic nitrogens is 1. The van der Waals surface area contributed by atoms with Gasteiger partial charge in [-0.05, 0) is 43.2 Å². The second kappa shape index (κ2) is 10.3. The average molecular weight is 457 g/mol. The highest BCUT2D eigenvalue weighted by atomic mass is 35.5. The number of ether oxygens (including phenoxy) is 1. The molecule has 0 saturated carbocycles. The maximum absolute atomic E-state index is 13.1. The molecule has 32 heavy (non-hydrogen) atoms. The van der Waals surface area contributed by atoms with E-state index >= 15 is 0 Å². The van der Waals surface area contributed by atoms with Gasteiger partial charge in [0.15, 0.2) is 0 Å². The Hall–Kier alpha value is -2.64. The van der Waals surface area contributed by atoms with Crippen LogP contribution in [0.4, 0.5) is 0 Å². The summed E-state index contributed by atoms with van der Waals surface area (Å²) in [6, 6.07) is 11.0. The van der Waals surface area contributed by atoms with Crippen molar-refractivity contribution < 1.29 is 14.3 Å². The van der Waals surface area contributed by atoms with Crippen LogP contribution in [0.5, 0.6) is 5.75 Å². The molecule has 3 heterocycles. The second-order valence-corrected chi connectivity index (χ2v) is 8.77. The number of methoxy groups -OCH3 is 1. The molecule has 2 fully saturated rings. The van der Waals surface area contributed by atoms with Gasteiger partial charge in [-0.15, -0.1) is 0 Å². The van der Waals surface area contributed by atoms with Gasteiger partial charge in [0, 0.05) is 63.0 Å². The Labute approximate surface area is 193 Å². The minimum absolute atomic E-state index is 0.0253. The highest BCUT2D eigenvalue weighted by molar-refractivity contribution is 6.31. The summed E-state index contributed by atoms with van der Waals surface area (Å²) in [7, 11) is 1.54. The van der Waals surface area contributed by atoms with Gasteiger partial charge < -0.3 is 14.5 Å². The van der Waals surface area contributed by atoms with Gasteiger partial charge >= 0.3 is 0 Å². The molecule has 2 aromatic rings. The molecule has 2 aliphatic heterocycles. The summed E-state index contributed by atoms with van der Waals surface area (Å²) in [6.07, 6.45) is 3.18. The largest absolute Gasteiger partial charge is 0.496 e. The number of carbonyl (C=O) groups excluding carboxylic acids is 2. The maximum atomic E-state index is 13.1. The molecule has 0 unspecified atom stereocenters. The van der Waals surface area contributed by atoms with E-state index in [2.05, 4.69) is 9.88 Å². The van der Waals surface area contributed by atoms with Crippen LogP contribution in [0.2, 0.25) is 5.02 Å². The third-order valence-corrected chi connectivity index (χ3v) is 6.55. The molecule has 0 aliphatic carbocycles. The van der Waals surface area contributed by atoms with Crippen molar-refractivity contribution in [3.05, 3.63) is 58.9 Å². The standard InChI is InChI=1S/C24H29ClN4O3/c1-32-22-6-5-19(25)16-21(22)24(31)28-10-7-18(8-11-28)23(30)29-14-12-27(13-15-29)17-20-4-2-3-9-26-20/h2-6,9,16,18H,7-8,10-15,17H2,1H3. The van der Waals surface area contributed by atoms with Crippen LogP contribution < -0.4 is 4.74 Å². The summed E-state index contributed by atoms with van der Waals surface area (Å²) in [5.41, 5.74) is 1.52. The van der Waals surface area contributed by atoms with Crippen molar-refractivity contribution in [3.63, 3.8) is 0 Å². The van der Waals surface area contributed by atoms with Crippen molar-refractivity contribution in [2.75, 3.05) is 46.4 Å². The predicted molar refractivity (Wildman–Crippen MR) is 123 cm³/mol. The molecule has 2 amide bonds. The summed E-state index contributed by atoms with van der Waals surface area (Å²) >= 11 is 6.08. The number of hydrogen-bond donors (Lipinski definition) is 0. The third-order valence-electron chi connectivity index (χ3n) is 6.32. The Morgan fingerprint density at radius 3 is 2.44 bits per heavy atom. The molecule has 0 atom stereocenters. The number of halogens is 1. The fourth-order valence-corrected chi connectivity index (χ4v) is 4.62. The lowest BCUT2D eigenvalue weighted by Gasteiger charge is -2.38. The number of likely N-dealkylation sites (tertiary alicyclic amines) is 1. The van der Waals surface area contributed by atoms with Crippen LogP contribution in [-0.4, -0.2) is 77.9 Å². The normalized spacial score (nSPS) is 17.9. The molecule has 1 aromatic carbocycles. The molecule has 0 N–H and O–H groups in total. The smallest absolute Gasteiger partial charge is 0.257 e. The quantitative estimate of drug-likeness (QED) is 0.692. The third kappa shape index (κ3) is 5.22. The van der Waals surface area contributed by atoms with Crippen LogP contribution in [0.3, 0.4) is 0 Å². The molecule has 0 radical (unpaired) electrons. The van der Waals surface area contributed by atoms with Gasteiger partial charge in [-0.25, -0.2) is 0 Å². The second-order valence-electron chi connectivity index (χ2n) is 8.33. The van der Waals surface area contributed by atoms with Gasteiger partial charge in [0.25, 0.3) is 5.91 Å². The zero-order valence-electron chi connectivity index (χ0n) is 18.4. The minimum Gasteiger partial charge on any atom is -0.496 e. The summed E-state index contributed by atoms with van der Waals surface area (Å²) in [4.78, 5) is 36.5. The molecule has 1 aromatic heterocycles. The molecule has 0 bridgehead atoms. The van der Waals surface area contributed by atoms with Gasteiger partial charge in [0.1, 0.15) is 5.75 Å². The SMILES string of the molecule is COc1ccc(Cl)cc1C(=O)N1CCC(C(=O)N2CCN(Cc3ccccn3)CC2)CC1. The number of piperazine rings is 1. The van der Waals surface area contributed by atoms with Crippen LogP contribution in [-0.2, 0) is 11.3 Å². The van der Waals surface area contributed by atoms with Gasteiger partial charge in [-0.1, -0.05) is 17.7 Å². The van der Waals surface area contributed by atoms with E-state index in [0.717, 1.165) is 38.4 Å². The maximum Gasteiger partial charge on any atom is 0.257 e. The van der Waals surface area contributed by atoms with E-state index < -0.39 is 0 Å². The van der Waals surface area contributed by atoms with Crippen molar-refractivity contribution in [2.45, 2.75) is 19.4 Å². The molecular weight excluding hydrogens is 428 g/mol. The van der Waals surface area contributed by atoms with E-state index in [1.807, 2.05) is 29.3 Å². The summed E-state index contributed by atoms with van der Waals surface area (Å²) in [5.74, 6) is 0.608. The minimum atomic E-state index is -0.0987. The fraction of sp³-hybridized carbons (Fsp3) is 0.458. The monoisotopic (exact) mass is 456 g/mol. The zero-order valence-corrected chi connectivity index (χ0v) is 19.1. The van der Waals surface area contributed by atoms with E-state index in [0.29, 0.717) is 42.3 Å². The fourth-order valence-electron chi connectivity index (χ4n) is 4.45. The summed E-state index contributed by atoms with van der Waals surface area (Å²) in [5, 5.41) is 0.501. The molecule has 4 rings (SSSR count). The molecule has 7 nitrogen and oxygen atoms in total. The number of benzene rings is 1. The van der Waals surface area contributed by atoms with E-state index in [1.165, 1.54) is 0 Å². The Balaban J connectivity index is 1.27. The topological polar surface area (TPSA) is 66.0 Å². The van der Waals surface area contributed by atoms with Crippen molar-refractivity contribution in [1.82, 2.24) is 19.7 Å². The highest BCUT2D eigenvalue weighted by Crippen LogP contribution is 2.27. The lowest BCUT2D eigenvalue weighted by atomic mass is 9.94. The van der Waals surface area contributed by atoms with E-state index in [-0.39, 0.29) is 17.7 Å². The molecule has 0 spiro atoms. The van der Waals surface area contributed by atoms with Crippen molar-refractivity contribution in [3.8, 4) is 5.75 Å². The number of piperidine rings is 1. The van der Waals surface area contributed by atoms with Crippen LogP contribution >= 0.6 is 11.6 Å². The average Bonchev–Trinajstić information content (AvgIpc) is 2.84. The van der Waals surface area contributed by atoms with Crippen molar-refractivity contribution in [2.24, 2.45) is 5.92 Å². The Kier molecular flexibility index (Phi) is 7.27. The van der Waals surface area contributed by atoms with E-state index in [4.69, 9.17) is 16.3 Å². The highest BCUT2D eigenvalue weighted by Gasteiger charge is 2.32. The van der Waals surface area contributed by atoms with Gasteiger partial charge in [-0.3, -0.25) is 19.5 Å². The Morgan fingerprint density at radius 2 is 1.78 bits per heavy atom. The number of amides is 2. The first kappa shape index (κ1) is 22.6. The molecule has 170 valence electrons. The lowest BCUT2D eigenvalue weighted by molar-refractivity contribution is -0.138. The molecule has 2 saturated heterocycles. The lowest BCUT2D eigenvalue weighted by Crippen LogP contribution is -2.51. The van der Waals surface area contributed by atoms with E-state index in [1.54, 1.807) is 30.2 Å². The van der Waals surface area contributed by atoms with Gasteiger partial charge in [0.2, 0.25) is 5.91 Å². The van der Waals surface area contributed by atoms with Crippen LogP contribution in [0.25, 0.3) is 0 Å². The van der Waals surface area contributed by atoms with Gasteiger partial charge in [-0.2, -0.15) is 0 Å². The number of hydrogen-bond acceptors (Lipinski definition) is 5.